The molecule has 0 aromatic carbocycles. The Hall–Kier alpha value is -1.03. The monoisotopic (exact) mass is 213 g/mol. The van der Waals surface area contributed by atoms with Crippen molar-refractivity contribution in [3.05, 3.63) is 12.2 Å². The average Bonchev–Trinajstić information content (AvgIpc) is 1.99. The first-order valence-corrected chi connectivity index (χ1v) is 5.11. The van der Waals surface area contributed by atoms with Gasteiger partial charge in [-0.15, -0.1) is 0 Å². The lowest BCUT2D eigenvalue weighted by Gasteiger charge is -2.26. The number of hydrogen-bond donors (Lipinski definition) is 1. The van der Waals surface area contributed by atoms with Crippen LogP contribution in [-0.4, -0.2) is 30.9 Å². The molecule has 0 aromatic heterocycles. The summed E-state index contributed by atoms with van der Waals surface area (Å²) in [5, 5.41) is 2.76. The van der Waals surface area contributed by atoms with Crippen LogP contribution < -0.4 is 5.32 Å². The number of ether oxygens (including phenoxy) is 2. The van der Waals surface area contributed by atoms with Crippen LogP contribution in [0, 0.1) is 0 Å². The molecule has 1 atom stereocenters. The third-order valence-electron chi connectivity index (χ3n) is 1.88. The minimum atomic E-state index is -0.462. The number of amides is 1. The van der Waals surface area contributed by atoms with Crippen LogP contribution in [0.25, 0.3) is 0 Å². The van der Waals surface area contributed by atoms with Crippen LogP contribution in [0.2, 0.25) is 0 Å². The summed E-state index contributed by atoms with van der Waals surface area (Å²) in [7, 11) is 0. The number of carbonyl (C=O) groups is 1. The molecule has 1 rings (SSSR count). The molecule has 1 amide bonds. The van der Waals surface area contributed by atoms with Crippen molar-refractivity contribution in [3.63, 3.8) is 0 Å². The van der Waals surface area contributed by atoms with Gasteiger partial charge in [-0.3, -0.25) is 0 Å². The quantitative estimate of drug-likeness (QED) is 0.676. The van der Waals surface area contributed by atoms with Gasteiger partial charge in [-0.05, 0) is 32.8 Å². The van der Waals surface area contributed by atoms with Gasteiger partial charge in [-0.25, -0.2) is 4.79 Å². The molecule has 15 heavy (non-hydrogen) atoms. The highest BCUT2D eigenvalue weighted by molar-refractivity contribution is 5.68. The molecule has 0 aliphatic carbocycles. The first-order chi connectivity index (χ1) is 6.87. The normalized spacial score (nSPS) is 22.3. The molecule has 1 saturated heterocycles. The van der Waals surface area contributed by atoms with E-state index in [9.17, 15) is 4.79 Å². The zero-order valence-electron chi connectivity index (χ0n) is 9.63. The number of rotatable bonds is 1. The molecular formula is C11H19NO3. The summed E-state index contributed by atoms with van der Waals surface area (Å²) in [6.45, 7) is 10.5. The summed E-state index contributed by atoms with van der Waals surface area (Å²) in [6, 6.07) is -0.0129. The van der Waals surface area contributed by atoms with Crippen LogP contribution in [0.4, 0.5) is 4.79 Å². The molecule has 1 unspecified atom stereocenters. The Labute approximate surface area is 90.6 Å². The molecule has 4 nitrogen and oxygen atoms in total. The van der Waals surface area contributed by atoms with E-state index in [0.29, 0.717) is 13.2 Å². The highest BCUT2D eigenvalue weighted by Crippen LogP contribution is 2.12. The van der Waals surface area contributed by atoms with Crippen molar-refractivity contribution in [2.45, 2.75) is 38.8 Å². The highest BCUT2D eigenvalue weighted by Gasteiger charge is 2.22. The zero-order chi connectivity index (χ0) is 11.5. The SMILES string of the molecule is C=C1COCC(NC(=O)OC(C)(C)C)C1. The molecule has 0 bridgehead atoms. The molecule has 1 aliphatic heterocycles. The van der Waals surface area contributed by atoms with Gasteiger partial charge in [-0.2, -0.15) is 0 Å². The lowest BCUT2D eigenvalue weighted by atomic mass is 10.1. The fourth-order valence-electron chi connectivity index (χ4n) is 1.38. The van der Waals surface area contributed by atoms with Crippen molar-refractivity contribution < 1.29 is 14.3 Å². The molecule has 1 N–H and O–H groups in total. The van der Waals surface area contributed by atoms with Crippen LogP contribution in [0.3, 0.4) is 0 Å². The molecule has 1 fully saturated rings. The Morgan fingerprint density at radius 2 is 2.27 bits per heavy atom. The van der Waals surface area contributed by atoms with Crippen molar-refractivity contribution in [1.29, 1.82) is 0 Å². The second-order valence-corrected chi connectivity index (χ2v) is 4.81. The minimum absolute atomic E-state index is 0.0129. The van der Waals surface area contributed by atoms with E-state index in [4.69, 9.17) is 9.47 Å². The summed E-state index contributed by atoms with van der Waals surface area (Å²) in [6.07, 6.45) is 0.366. The maximum atomic E-state index is 11.4. The van der Waals surface area contributed by atoms with E-state index in [2.05, 4.69) is 11.9 Å². The van der Waals surface area contributed by atoms with Gasteiger partial charge < -0.3 is 14.8 Å². The number of nitrogens with one attached hydrogen (secondary N) is 1. The minimum Gasteiger partial charge on any atom is -0.444 e. The molecule has 86 valence electrons. The van der Waals surface area contributed by atoms with Gasteiger partial charge in [0.1, 0.15) is 5.60 Å². The summed E-state index contributed by atoms with van der Waals surface area (Å²) in [5.41, 5.74) is 0.540. The fraction of sp³-hybridized carbons (Fsp3) is 0.727. The van der Waals surface area contributed by atoms with Gasteiger partial charge in [0.2, 0.25) is 0 Å². The van der Waals surface area contributed by atoms with Crippen LogP contribution in [-0.2, 0) is 9.47 Å². The lowest BCUT2D eigenvalue weighted by Crippen LogP contribution is -2.43. The summed E-state index contributed by atoms with van der Waals surface area (Å²) in [4.78, 5) is 11.4. The van der Waals surface area contributed by atoms with Crippen molar-refractivity contribution in [2.24, 2.45) is 0 Å². The molecule has 0 spiro atoms. The van der Waals surface area contributed by atoms with Gasteiger partial charge in [0, 0.05) is 0 Å². The first kappa shape index (κ1) is 12.0. The highest BCUT2D eigenvalue weighted by atomic mass is 16.6. The van der Waals surface area contributed by atoms with Crippen molar-refractivity contribution in [2.75, 3.05) is 13.2 Å². The van der Waals surface area contributed by atoms with E-state index in [1.807, 2.05) is 20.8 Å². The zero-order valence-corrected chi connectivity index (χ0v) is 9.63. The first-order valence-electron chi connectivity index (χ1n) is 5.11. The smallest absolute Gasteiger partial charge is 0.407 e. The second kappa shape index (κ2) is 4.66. The van der Waals surface area contributed by atoms with Crippen LogP contribution in [0.5, 0.6) is 0 Å². The van der Waals surface area contributed by atoms with Crippen molar-refractivity contribution in [3.8, 4) is 0 Å². The summed E-state index contributed by atoms with van der Waals surface area (Å²) in [5.74, 6) is 0. The maximum absolute atomic E-state index is 11.4. The third-order valence-corrected chi connectivity index (χ3v) is 1.88. The summed E-state index contributed by atoms with van der Waals surface area (Å²) < 4.78 is 10.4. The average molecular weight is 213 g/mol. The van der Waals surface area contributed by atoms with Gasteiger partial charge in [0.25, 0.3) is 0 Å². The topological polar surface area (TPSA) is 47.6 Å². The van der Waals surface area contributed by atoms with Crippen LogP contribution in [0.15, 0.2) is 12.2 Å². The Morgan fingerprint density at radius 3 is 2.80 bits per heavy atom. The van der Waals surface area contributed by atoms with Gasteiger partial charge >= 0.3 is 6.09 Å². The largest absolute Gasteiger partial charge is 0.444 e. The van der Waals surface area contributed by atoms with E-state index >= 15 is 0 Å². The molecule has 1 heterocycles. The van der Waals surface area contributed by atoms with E-state index in [1.54, 1.807) is 0 Å². The second-order valence-electron chi connectivity index (χ2n) is 4.81. The fourth-order valence-corrected chi connectivity index (χ4v) is 1.38. The van der Waals surface area contributed by atoms with Gasteiger partial charge in [0.05, 0.1) is 19.3 Å². The van der Waals surface area contributed by atoms with Gasteiger partial charge in [0.15, 0.2) is 0 Å². The van der Waals surface area contributed by atoms with Crippen molar-refractivity contribution >= 4 is 6.09 Å². The number of carbonyl (C=O) groups excluding carboxylic acids is 1. The Kier molecular flexibility index (Phi) is 3.74. The predicted octanol–water partition coefficient (Wildman–Crippen LogP) is 1.86. The van der Waals surface area contributed by atoms with Crippen LogP contribution in [0.1, 0.15) is 27.2 Å². The van der Waals surface area contributed by atoms with E-state index in [0.717, 1.165) is 12.0 Å². The predicted molar refractivity (Wildman–Crippen MR) is 57.7 cm³/mol. The number of hydrogen-bond acceptors (Lipinski definition) is 3. The van der Waals surface area contributed by atoms with Crippen molar-refractivity contribution in [1.82, 2.24) is 5.32 Å². The maximum Gasteiger partial charge on any atom is 0.407 e. The molecule has 1 aliphatic rings. The lowest BCUT2D eigenvalue weighted by molar-refractivity contribution is 0.0418. The summed E-state index contributed by atoms with van der Waals surface area (Å²) >= 11 is 0. The van der Waals surface area contributed by atoms with E-state index in [1.165, 1.54) is 0 Å². The van der Waals surface area contributed by atoms with E-state index in [-0.39, 0.29) is 6.04 Å². The standard InChI is InChI=1S/C11H19NO3/c1-8-5-9(7-14-6-8)12-10(13)15-11(2,3)4/h9H,1,5-7H2,2-4H3,(H,12,13). The van der Waals surface area contributed by atoms with Gasteiger partial charge in [-0.1, -0.05) is 6.58 Å². The molecule has 0 radical (unpaired) electrons. The molecule has 0 saturated carbocycles. The van der Waals surface area contributed by atoms with Crippen LogP contribution >= 0.6 is 0 Å². The Balaban J connectivity index is 2.34. The number of alkyl carbamates (subject to hydrolysis) is 1. The third kappa shape index (κ3) is 4.83. The Bertz CT molecular complexity index is 255. The molecular weight excluding hydrogens is 194 g/mol. The Morgan fingerprint density at radius 1 is 1.60 bits per heavy atom. The molecule has 0 aromatic rings. The molecule has 4 heteroatoms. The van der Waals surface area contributed by atoms with E-state index < -0.39 is 11.7 Å².